The van der Waals surface area contributed by atoms with Gasteiger partial charge in [-0.25, -0.2) is 4.39 Å². The van der Waals surface area contributed by atoms with E-state index < -0.39 is 28.9 Å². The average molecular weight is 361 g/mol. The van der Waals surface area contributed by atoms with Crippen molar-refractivity contribution >= 4 is 21.7 Å². The summed E-state index contributed by atoms with van der Waals surface area (Å²) in [6, 6.07) is 8.65. The van der Waals surface area contributed by atoms with E-state index >= 15 is 0 Å². The minimum absolute atomic E-state index is 0.0860. The molecule has 0 spiro atoms. The molecule has 0 N–H and O–H groups in total. The quantitative estimate of drug-likeness (QED) is 0.554. The van der Waals surface area contributed by atoms with Gasteiger partial charge in [0.1, 0.15) is 5.82 Å². The highest BCUT2D eigenvalue weighted by Crippen LogP contribution is 2.32. The number of carbonyl (C=O) groups is 1. The third-order valence-corrected chi connectivity index (χ3v) is 3.80. The van der Waals surface area contributed by atoms with Crippen LogP contribution in [0, 0.1) is 5.82 Å². The molecule has 0 fully saturated rings. The fraction of sp³-hybridized carbons (Fsp3) is 0.133. The highest BCUT2D eigenvalue weighted by molar-refractivity contribution is 9.10. The molecule has 21 heavy (non-hydrogen) atoms. The summed E-state index contributed by atoms with van der Waals surface area (Å²) in [4.78, 5) is 12.1. The van der Waals surface area contributed by atoms with Crippen LogP contribution in [-0.4, -0.2) is 5.78 Å². The molecule has 2 rings (SSSR count). The van der Waals surface area contributed by atoms with Crippen LogP contribution in [0.3, 0.4) is 0 Å². The predicted molar refractivity (Wildman–Crippen MR) is 73.6 cm³/mol. The molecule has 0 aliphatic heterocycles. The van der Waals surface area contributed by atoms with E-state index in [0.717, 1.165) is 12.1 Å². The maximum atomic E-state index is 13.4. The molecule has 0 aliphatic rings. The molecule has 0 saturated heterocycles. The highest BCUT2D eigenvalue weighted by Gasteiger charge is 2.34. The fourth-order valence-corrected chi connectivity index (χ4v) is 2.33. The highest BCUT2D eigenvalue weighted by atomic mass is 79.9. The lowest BCUT2D eigenvalue weighted by Crippen LogP contribution is -2.14. The molecule has 0 saturated carbocycles. The number of halogens is 5. The van der Waals surface area contributed by atoms with Crippen LogP contribution in [-0.2, 0) is 12.6 Å². The van der Waals surface area contributed by atoms with Gasteiger partial charge in [0.25, 0.3) is 0 Å². The van der Waals surface area contributed by atoms with Crippen molar-refractivity contribution in [2.24, 2.45) is 0 Å². The van der Waals surface area contributed by atoms with Crippen molar-refractivity contribution in [1.29, 1.82) is 0 Å². The van der Waals surface area contributed by atoms with Crippen molar-refractivity contribution in [3.05, 3.63) is 69.4 Å². The molecule has 2 aromatic rings. The summed E-state index contributed by atoms with van der Waals surface area (Å²) in [6.45, 7) is 0. The number of carbonyl (C=O) groups excluding carboxylic acids is 1. The van der Waals surface area contributed by atoms with E-state index in [4.69, 9.17) is 0 Å². The van der Waals surface area contributed by atoms with Gasteiger partial charge in [-0.05, 0) is 33.6 Å². The molecule has 0 heterocycles. The van der Waals surface area contributed by atoms with Gasteiger partial charge in [-0.2, -0.15) is 13.2 Å². The molecule has 0 aromatic heterocycles. The summed E-state index contributed by atoms with van der Waals surface area (Å²) >= 11 is 2.99. The molecular formula is C15H9BrF4O. The molecule has 0 radical (unpaired) electrons. The van der Waals surface area contributed by atoms with E-state index in [1.54, 1.807) is 0 Å². The summed E-state index contributed by atoms with van der Waals surface area (Å²) in [5, 5.41) is 0. The number of ketones is 1. The Hall–Kier alpha value is -1.69. The smallest absolute Gasteiger partial charge is 0.294 e. The van der Waals surface area contributed by atoms with Crippen LogP contribution >= 0.6 is 15.9 Å². The maximum Gasteiger partial charge on any atom is 0.417 e. The molecule has 110 valence electrons. The van der Waals surface area contributed by atoms with Gasteiger partial charge in [-0.3, -0.25) is 4.79 Å². The van der Waals surface area contributed by atoms with Crippen molar-refractivity contribution in [3.63, 3.8) is 0 Å². The Morgan fingerprint density at radius 1 is 1.05 bits per heavy atom. The van der Waals surface area contributed by atoms with Gasteiger partial charge in [0.15, 0.2) is 5.78 Å². The first-order valence-corrected chi connectivity index (χ1v) is 6.72. The second-order valence-electron chi connectivity index (χ2n) is 4.36. The largest absolute Gasteiger partial charge is 0.417 e. The number of Topliss-reactive ketones (excluding diaryl/α,β-unsaturated/α-hetero) is 1. The standard InChI is InChI=1S/C15H9BrF4O/c16-14-9(4-3-7-12(14)17)8-13(21)10-5-1-2-6-11(10)15(18,19)20/h1-7H,8H2. The lowest BCUT2D eigenvalue weighted by atomic mass is 9.98. The molecule has 0 unspecified atom stereocenters. The van der Waals surface area contributed by atoms with Crippen LogP contribution in [0.15, 0.2) is 46.9 Å². The maximum absolute atomic E-state index is 13.4. The first-order valence-electron chi connectivity index (χ1n) is 5.93. The fourth-order valence-electron chi connectivity index (χ4n) is 1.93. The van der Waals surface area contributed by atoms with Crippen LogP contribution in [0.4, 0.5) is 17.6 Å². The first-order chi connectivity index (χ1) is 9.80. The Bertz CT molecular complexity index is 680. The Balaban J connectivity index is 2.36. The molecule has 0 aliphatic carbocycles. The molecule has 0 bridgehead atoms. The van der Waals surface area contributed by atoms with Crippen LogP contribution in [0.5, 0.6) is 0 Å². The zero-order valence-corrected chi connectivity index (χ0v) is 12.1. The van der Waals surface area contributed by atoms with Crippen LogP contribution in [0.1, 0.15) is 21.5 Å². The lowest BCUT2D eigenvalue weighted by molar-refractivity contribution is -0.137. The molecule has 1 nitrogen and oxygen atoms in total. The number of rotatable bonds is 3. The van der Waals surface area contributed by atoms with Gasteiger partial charge in [0.2, 0.25) is 0 Å². The van der Waals surface area contributed by atoms with Gasteiger partial charge in [0.05, 0.1) is 10.0 Å². The van der Waals surface area contributed by atoms with Crippen molar-refractivity contribution in [2.75, 3.05) is 0 Å². The van der Waals surface area contributed by atoms with Crippen molar-refractivity contribution in [2.45, 2.75) is 12.6 Å². The number of hydrogen-bond donors (Lipinski definition) is 0. The van der Waals surface area contributed by atoms with Gasteiger partial charge in [0, 0.05) is 12.0 Å². The van der Waals surface area contributed by atoms with Crippen molar-refractivity contribution in [3.8, 4) is 0 Å². The Morgan fingerprint density at radius 2 is 1.71 bits per heavy atom. The molecule has 0 atom stereocenters. The molecule has 2 aromatic carbocycles. The molecule has 6 heteroatoms. The average Bonchev–Trinajstić information content (AvgIpc) is 2.43. The van der Waals surface area contributed by atoms with Gasteiger partial charge < -0.3 is 0 Å². The van der Waals surface area contributed by atoms with Crippen molar-refractivity contribution < 1.29 is 22.4 Å². The van der Waals surface area contributed by atoms with Gasteiger partial charge in [-0.15, -0.1) is 0 Å². The second kappa shape index (κ2) is 5.97. The summed E-state index contributed by atoms with van der Waals surface area (Å²) < 4.78 is 52.1. The minimum Gasteiger partial charge on any atom is -0.294 e. The molecular weight excluding hydrogens is 352 g/mol. The summed E-state index contributed by atoms with van der Waals surface area (Å²) in [6.07, 6.45) is -4.92. The zero-order chi connectivity index (χ0) is 15.6. The van der Waals surface area contributed by atoms with E-state index in [-0.39, 0.29) is 10.9 Å². The topological polar surface area (TPSA) is 17.1 Å². The SMILES string of the molecule is O=C(Cc1cccc(F)c1Br)c1ccccc1C(F)(F)F. The monoisotopic (exact) mass is 360 g/mol. The Morgan fingerprint density at radius 3 is 2.38 bits per heavy atom. The zero-order valence-electron chi connectivity index (χ0n) is 10.5. The summed E-state index contributed by atoms with van der Waals surface area (Å²) in [7, 11) is 0. The number of alkyl halides is 3. The third-order valence-electron chi connectivity index (χ3n) is 2.92. The summed E-state index contributed by atoms with van der Waals surface area (Å²) in [5.74, 6) is -1.28. The van der Waals surface area contributed by atoms with Gasteiger partial charge in [-0.1, -0.05) is 30.3 Å². The minimum atomic E-state index is -4.61. The van der Waals surface area contributed by atoms with E-state index in [1.807, 2.05) is 0 Å². The van der Waals surface area contributed by atoms with Crippen molar-refractivity contribution in [1.82, 2.24) is 0 Å². The Labute approximate surface area is 126 Å². The van der Waals surface area contributed by atoms with E-state index in [1.165, 1.54) is 30.3 Å². The van der Waals surface area contributed by atoms with Gasteiger partial charge >= 0.3 is 6.18 Å². The second-order valence-corrected chi connectivity index (χ2v) is 5.15. The Kier molecular flexibility index (Phi) is 4.46. The van der Waals surface area contributed by atoms with Crippen LogP contribution in [0.2, 0.25) is 0 Å². The molecule has 0 amide bonds. The summed E-state index contributed by atoms with van der Waals surface area (Å²) in [5.41, 5.74) is -1.10. The first kappa shape index (κ1) is 15.7. The number of benzene rings is 2. The normalized spacial score (nSPS) is 11.5. The van der Waals surface area contributed by atoms with E-state index in [0.29, 0.717) is 5.56 Å². The predicted octanol–water partition coefficient (Wildman–Crippen LogP) is 5.03. The van der Waals surface area contributed by atoms with E-state index in [9.17, 15) is 22.4 Å². The third kappa shape index (κ3) is 3.50. The van der Waals surface area contributed by atoms with Crippen LogP contribution in [0.25, 0.3) is 0 Å². The van der Waals surface area contributed by atoms with Crippen LogP contribution < -0.4 is 0 Å². The number of hydrogen-bond acceptors (Lipinski definition) is 1. The van der Waals surface area contributed by atoms with E-state index in [2.05, 4.69) is 15.9 Å². The lowest BCUT2D eigenvalue weighted by Gasteiger charge is -2.12.